The highest BCUT2D eigenvalue weighted by molar-refractivity contribution is 5.63. The first-order valence-corrected chi connectivity index (χ1v) is 9.22. The van der Waals surface area contributed by atoms with E-state index in [4.69, 9.17) is 0 Å². The van der Waals surface area contributed by atoms with Crippen LogP contribution in [0.3, 0.4) is 0 Å². The molecule has 24 heavy (non-hydrogen) atoms. The first-order chi connectivity index (χ1) is 11.7. The van der Waals surface area contributed by atoms with Crippen LogP contribution >= 0.6 is 0 Å². The Bertz CT molecular complexity index is 652. The SMILES string of the molecule is CCCCC1CCC(c2ccc(-c3ccc(F)c(F)c3)cc2)CC1. The lowest BCUT2D eigenvalue weighted by Gasteiger charge is -2.29. The van der Waals surface area contributed by atoms with Crippen LogP contribution < -0.4 is 0 Å². The van der Waals surface area contributed by atoms with Crippen molar-refractivity contribution >= 4 is 0 Å². The summed E-state index contributed by atoms with van der Waals surface area (Å²) in [7, 11) is 0. The standard InChI is InChI=1S/C22H26F2/c1-2-3-4-16-5-7-17(8-6-16)18-9-11-19(12-10-18)20-13-14-21(23)22(24)15-20/h9-17H,2-8H2,1H3. The number of unbranched alkanes of at least 4 members (excludes halogenated alkanes) is 1. The molecule has 0 nitrogen and oxygen atoms in total. The number of hydrogen-bond acceptors (Lipinski definition) is 0. The highest BCUT2D eigenvalue weighted by Crippen LogP contribution is 2.38. The molecule has 0 heterocycles. The van der Waals surface area contributed by atoms with Crippen LogP contribution in [0.2, 0.25) is 0 Å². The summed E-state index contributed by atoms with van der Waals surface area (Å²) < 4.78 is 26.4. The largest absolute Gasteiger partial charge is 0.204 e. The van der Waals surface area contributed by atoms with Gasteiger partial charge in [0.1, 0.15) is 0 Å². The second-order valence-corrected chi connectivity index (χ2v) is 7.11. The molecule has 1 aliphatic rings. The molecule has 0 aromatic heterocycles. The van der Waals surface area contributed by atoms with Crippen molar-refractivity contribution in [3.8, 4) is 11.1 Å². The predicted octanol–water partition coefficient (Wildman–Crippen LogP) is 7.10. The zero-order valence-corrected chi connectivity index (χ0v) is 14.4. The predicted molar refractivity (Wildman–Crippen MR) is 96.0 cm³/mol. The molecule has 3 rings (SSSR count). The smallest absolute Gasteiger partial charge is 0.159 e. The quantitative estimate of drug-likeness (QED) is 0.549. The average Bonchev–Trinajstić information content (AvgIpc) is 2.63. The third-order valence-electron chi connectivity index (χ3n) is 5.45. The highest BCUT2D eigenvalue weighted by atomic mass is 19.2. The molecule has 2 heteroatoms. The molecule has 1 fully saturated rings. The maximum Gasteiger partial charge on any atom is 0.159 e. The summed E-state index contributed by atoms with van der Waals surface area (Å²) >= 11 is 0. The molecule has 0 bridgehead atoms. The molecular formula is C22H26F2. The maximum atomic E-state index is 13.4. The third kappa shape index (κ3) is 4.03. The van der Waals surface area contributed by atoms with Crippen LogP contribution in [0.15, 0.2) is 42.5 Å². The molecule has 0 aliphatic heterocycles. The minimum atomic E-state index is -0.796. The molecular weight excluding hydrogens is 302 g/mol. The summed E-state index contributed by atoms with van der Waals surface area (Å²) in [6.45, 7) is 2.26. The third-order valence-corrected chi connectivity index (χ3v) is 5.45. The molecule has 0 atom stereocenters. The van der Waals surface area contributed by atoms with Gasteiger partial charge in [-0.1, -0.05) is 56.5 Å². The Labute approximate surface area is 143 Å². The lowest BCUT2D eigenvalue weighted by Crippen LogP contribution is -2.13. The van der Waals surface area contributed by atoms with Gasteiger partial charge in [-0.05, 0) is 66.3 Å². The minimum absolute atomic E-state index is 0.655. The zero-order chi connectivity index (χ0) is 16.9. The Kier molecular flexibility index (Phi) is 5.65. The van der Waals surface area contributed by atoms with Crippen LogP contribution in [0.25, 0.3) is 11.1 Å². The van der Waals surface area contributed by atoms with Gasteiger partial charge in [0.2, 0.25) is 0 Å². The van der Waals surface area contributed by atoms with Gasteiger partial charge in [0.15, 0.2) is 11.6 Å². The van der Waals surface area contributed by atoms with Crippen LogP contribution in [0.1, 0.15) is 63.4 Å². The second-order valence-electron chi connectivity index (χ2n) is 7.11. The topological polar surface area (TPSA) is 0 Å². The molecule has 2 aromatic carbocycles. The monoisotopic (exact) mass is 328 g/mol. The van der Waals surface area contributed by atoms with Gasteiger partial charge in [0.05, 0.1) is 0 Å². The Morgan fingerprint density at radius 3 is 2.12 bits per heavy atom. The Balaban J connectivity index is 1.64. The number of halogens is 2. The van der Waals surface area contributed by atoms with E-state index in [2.05, 4.69) is 19.1 Å². The summed E-state index contributed by atoms with van der Waals surface area (Å²) in [4.78, 5) is 0. The summed E-state index contributed by atoms with van der Waals surface area (Å²) in [5, 5.41) is 0. The van der Waals surface area contributed by atoms with Crippen molar-refractivity contribution in [1.82, 2.24) is 0 Å². The average molecular weight is 328 g/mol. The molecule has 0 saturated heterocycles. The van der Waals surface area contributed by atoms with E-state index in [1.165, 1.54) is 62.6 Å². The fourth-order valence-corrected chi connectivity index (χ4v) is 3.90. The molecule has 0 amide bonds. The summed E-state index contributed by atoms with van der Waals surface area (Å²) in [6.07, 6.45) is 9.28. The van der Waals surface area contributed by atoms with E-state index in [1.807, 2.05) is 12.1 Å². The molecule has 0 radical (unpaired) electrons. The lowest BCUT2D eigenvalue weighted by molar-refractivity contribution is 0.304. The van der Waals surface area contributed by atoms with E-state index < -0.39 is 11.6 Å². The fourth-order valence-electron chi connectivity index (χ4n) is 3.90. The number of rotatable bonds is 5. The van der Waals surface area contributed by atoms with E-state index >= 15 is 0 Å². The van der Waals surface area contributed by atoms with Gasteiger partial charge in [0, 0.05) is 0 Å². The maximum absolute atomic E-state index is 13.4. The Hall–Kier alpha value is -1.70. The van der Waals surface area contributed by atoms with Gasteiger partial charge in [0.25, 0.3) is 0 Å². The summed E-state index contributed by atoms with van der Waals surface area (Å²) in [5.74, 6) is -0.0123. The van der Waals surface area contributed by atoms with Crippen LogP contribution in [0.5, 0.6) is 0 Å². The normalized spacial score (nSPS) is 21.0. The van der Waals surface area contributed by atoms with Crippen molar-refractivity contribution < 1.29 is 8.78 Å². The van der Waals surface area contributed by atoms with Gasteiger partial charge in [-0.3, -0.25) is 0 Å². The van der Waals surface area contributed by atoms with Gasteiger partial charge in [-0.2, -0.15) is 0 Å². The van der Waals surface area contributed by atoms with Crippen molar-refractivity contribution in [2.45, 2.75) is 57.8 Å². The van der Waals surface area contributed by atoms with E-state index in [9.17, 15) is 8.78 Å². The molecule has 0 unspecified atom stereocenters. The van der Waals surface area contributed by atoms with Gasteiger partial charge < -0.3 is 0 Å². The minimum Gasteiger partial charge on any atom is -0.204 e. The zero-order valence-electron chi connectivity index (χ0n) is 14.4. The molecule has 128 valence electrons. The number of hydrogen-bond donors (Lipinski definition) is 0. The highest BCUT2D eigenvalue weighted by Gasteiger charge is 2.21. The van der Waals surface area contributed by atoms with E-state index in [0.29, 0.717) is 5.92 Å². The van der Waals surface area contributed by atoms with Crippen molar-refractivity contribution in [3.63, 3.8) is 0 Å². The van der Waals surface area contributed by atoms with Crippen molar-refractivity contribution in [1.29, 1.82) is 0 Å². The van der Waals surface area contributed by atoms with Gasteiger partial charge in [-0.25, -0.2) is 8.78 Å². The van der Waals surface area contributed by atoms with Crippen LogP contribution in [0.4, 0.5) is 8.78 Å². The molecule has 1 aliphatic carbocycles. The van der Waals surface area contributed by atoms with Crippen molar-refractivity contribution in [2.75, 3.05) is 0 Å². The van der Waals surface area contributed by atoms with E-state index in [1.54, 1.807) is 6.07 Å². The van der Waals surface area contributed by atoms with E-state index in [0.717, 1.165) is 17.0 Å². The molecule has 1 saturated carbocycles. The molecule has 0 spiro atoms. The van der Waals surface area contributed by atoms with Gasteiger partial charge in [-0.15, -0.1) is 0 Å². The van der Waals surface area contributed by atoms with E-state index in [-0.39, 0.29) is 0 Å². The van der Waals surface area contributed by atoms with Crippen LogP contribution in [-0.2, 0) is 0 Å². The van der Waals surface area contributed by atoms with Crippen molar-refractivity contribution in [3.05, 3.63) is 59.7 Å². The van der Waals surface area contributed by atoms with Crippen LogP contribution in [0, 0.1) is 17.6 Å². The Morgan fingerprint density at radius 1 is 0.833 bits per heavy atom. The first-order valence-electron chi connectivity index (χ1n) is 9.22. The van der Waals surface area contributed by atoms with Gasteiger partial charge >= 0.3 is 0 Å². The second kappa shape index (κ2) is 7.92. The summed E-state index contributed by atoms with van der Waals surface area (Å²) in [5.41, 5.74) is 3.05. The molecule has 2 aromatic rings. The Morgan fingerprint density at radius 2 is 1.50 bits per heavy atom. The van der Waals surface area contributed by atoms with Crippen LogP contribution in [-0.4, -0.2) is 0 Å². The van der Waals surface area contributed by atoms with Crippen molar-refractivity contribution in [2.24, 2.45) is 5.92 Å². The molecule has 0 N–H and O–H groups in total. The summed E-state index contributed by atoms with van der Waals surface area (Å²) in [6, 6.07) is 12.5. The fraction of sp³-hybridized carbons (Fsp3) is 0.455. The number of benzene rings is 2. The lowest BCUT2D eigenvalue weighted by atomic mass is 9.77. The first kappa shape index (κ1) is 17.1.